The molecule has 0 aliphatic rings. The van der Waals surface area contributed by atoms with Gasteiger partial charge in [-0.15, -0.1) is 11.3 Å². The van der Waals surface area contributed by atoms with E-state index in [0.29, 0.717) is 0 Å². The summed E-state index contributed by atoms with van der Waals surface area (Å²) in [6.45, 7) is 7.35. The lowest BCUT2D eigenvalue weighted by molar-refractivity contribution is -0.0893. The van der Waals surface area contributed by atoms with E-state index in [1.54, 1.807) is 21.3 Å². The van der Waals surface area contributed by atoms with Crippen LogP contribution in [0.15, 0.2) is 84.9 Å². The number of fused-ring (bicyclic) bond motifs is 6. The van der Waals surface area contributed by atoms with E-state index in [-0.39, 0.29) is 0 Å². The van der Waals surface area contributed by atoms with Crippen LogP contribution in [-0.4, -0.2) is 28.4 Å². The molecule has 173 valence electrons. The first kappa shape index (κ1) is 22.4. The maximum absolute atomic E-state index is 10.5. The molecule has 0 spiro atoms. The first-order chi connectivity index (χ1) is 16.7. The van der Waals surface area contributed by atoms with Gasteiger partial charge in [-0.05, 0) is 58.0 Å². The standard InChI is InChI=1S/C30H27BNO2S/c1-29(2,33)30(3,4)34-31-19-16-17-24-22(18-19)20-10-5-7-12-23(20)32(24)25-13-9-15-27-28(25)21-11-6-8-14-26(21)35-27/h5-18,33H,1-4H3. The van der Waals surface area contributed by atoms with Crippen LogP contribution in [0.1, 0.15) is 27.7 Å². The normalized spacial score (nSPS) is 12.8. The predicted molar refractivity (Wildman–Crippen MR) is 151 cm³/mol. The second-order valence-electron chi connectivity index (χ2n) is 10.2. The molecule has 6 rings (SSSR count). The minimum absolute atomic E-state index is 0.717. The van der Waals surface area contributed by atoms with Crippen LogP contribution in [-0.2, 0) is 4.65 Å². The van der Waals surface area contributed by atoms with Crippen molar-refractivity contribution in [3.8, 4) is 5.69 Å². The molecule has 0 unspecified atom stereocenters. The van der Waals surface area contributed by atoms with Gasteiger partial charge in [0.2, 0.25) is 0 Å². The Morgan fingerprint density at radius 2 is 1.43 bits per heavy atom. The zero-order valence-electron chi connectivity index (χ0n) is 20.4. The van der Waals surface area contributed by atoms with Gasteiger partial charge in [-0.2, -0.15) is 0 Å². The second kappa shape index (κ2) is 7.96. The predicted octanol–water partition coefficient (Wildman–Crippen LogP) is 6.96. The number of rotatable bonds is 5. The van der Waals surface area contributed by atoms with E-state index in [4.69, 9.17) is 4.65 Å². The zero-order chi connectivity index (χ0) is 24.4. The summed E-state index contributed by atoms with van der Waals surface area (Å²) in [6, 6.07) is 30.3. The van der Waals surface area contributed by atoms with Crippen LogP contribution in [0.25, 0.3) is 47.7 Å². The Balaban J connectivity index is 1.56. The van der Waals surface area contributed by atoms with Gasteiger partial charge in [-0.3, -0.25) is 0 Å². The summed E-state index contributed by atoms with van der Waals surface area (Å²) in [5.74, 6) is 0. The molecule has 3 nitrogen and oxygen atoms in total. The molecule has 0 aliphatic carbocycles. The van der Waals surface area contributed by atoms with Crippen molar-refractivity contribution in [2.75, 3.05) is 0 Å². The number of benzene rings is 4. The molecule has 35 heavy (non-hydrogen) atoms. The smallest absolute Gasteiger partial charge is 0.330 e. The summed E-state index contributed by atoms with van der Waals surface area (Å²) in [4.78, 5) is 0. The van der Waals surface area contributed by atoms with Crippen LogP contribution in [0.5, 0.6) is 0 Å². The van der Waals surface area contributed by atoms with E-state index >= 15 is 0 Å². The Morgan fingerprint density at radius 3 is 2.23 bits per heavy atom. The third-order valence-electron chi connectivity index (χ3n) is 7.28. The van der Waals surface area contributed by atoms with Gasteiger partial charge < -0.3 is 14.3 Å². The highest BCUT2D eigenvalue weighted by molar-refractivity contribution is 7.25. The highest BCUT2D eigenvalue weighted by Gasteiger charge is 2.35. The molecule has 1 N–H and O–H groups in total. The van der Waals surface area contributed by atoms with Gasteiger partial charge in [0.25, 0.3) is 0 Å². The van der Waals surface area contributed by atoms with Crippen molar-refractivity contribution >= 4 is 66.3 Å². The Morgan fingerprint density at radius 1 is 0.743 bits per heavy atom. The monoisotopic (exact) mass is 476 g/mol. The molecule has 0 atom stereocenters. The number of hydrogen-bond acceptors (Lipinski definition) is 3. The van der Waals surface area contributed by atoms with Crippen molar-refractivity contribution in [3.05, 3.63) is 84.9 Å². The Hall–Kier alpha value is -3.12. The molecule has 6 aromatic rings. The third-order valence-corrected chi connectivity index (χ3v) is 8.42. The Bertz CT molecular complexity index is 1720. The lowest BCUT2D eigenvalue weighted by Crippen LogP contribution is -2.49. The van der Waals surface area contributed by atoms with E-state index in [9.17, 15) is 5.11 Å². The van der Waals surface area contributed by atoms with Gasteiger partial charge in [0.05, 0.1) is 27.9 Å². The van der Waals surface area contributed by atoms with E-state index < -0.39 is 11.2 Å². The van der Waals surface area contributed by atoms with E-state index in [1.807, 2.05) is 25.2 Å². The SMILES string of the molecule is CC(C)(O)C(C)(C)O[B]c1ccc2c(c1)c1ccccc1n2-c1cccc2sc3ccccc3c12. The Labute approximate surface area is 209 Å². The summed E-state index contributed by atoms with van der Waals surface area (Å²) in [5, 5.41) is 15.4. The summed E-state index contributed by atoms with van der Waals surface area (Å²) in [7, 11) is 1.76. The lowest BCUT2D eigenvalue weighted by atomic mass is 9.82. The number of thiophene rings is 1. The summed E-state index contributed by atoms with van der Waals surface area (Å²) in [6.07, 6.45) is 0. The van der Waals surface area contributed by atoms with Gasteiger partial charge in [0.15, 0.2) is 0 Å². The minimum Gasteiger partial charge on any atom is -0.427 e. The number of hydrogen-bond donors (Lipinski definition) is 1. The fourth-order valence-electron chi connectivity index (χ4n) is 4.63. The molecule has 2 heterocycles. The molecule has 0 saturated carbocycles. The molecular weight excluding hydrogens is 449 g/mol. The average molecular weight is 476 g/mol. The number of para-hydroxylation sites is 1. The van der Waals surface area contributed by atoms with Crippen LogP contribution >= 0.6 is 11.3 Å². The largest absolute Gasteiger partial charge is 0.427 e. The molecule has 4 aromatic carbocycles. The maximum atomic E-state index is 10.5. The highest BCUT2D eigenvalue weighted by Crippen LogP contribution is 2.40. The number of aliphatic hydroxyl groups is 1. The molecule has 0 fully saturated rings. The van der Waals surface area contributed by atoms with E-state index in [0.717, 1.165) is 11.0 Å². The van der Waals surface area contributed by atoms with Gasteiger partial charge in [-0.1, -0.05) is 60.1 Å². The van der Waals surface area contributed by atoms with Crippen molar-refractivity contribution in [2.24, 2.45) is 0 Å². The Kier molecular flexibility index (Phi) is 5.08. The van der Waals surface area contributed by atoms with Gasteiger partial charge in [-0.25, -0.2) is 0 Å². The zero-order valence-corrected chi connectivity index (χ0v) is 21.2. The molecule has 0 bridgehead atoms. The van der Waals surface area contributed by atoms with E-state index in [1.165, 1.54) is 42.1 Å². The molecule has 0 aliphatic heterocycles. The number of nitrogens with zero attached hydrogens (tertiary/aromatic N) is 1. The summed E-state index contributed by atoms with van der Waals surface area (Å²) >= 11 is 1.84. The molecule has 5 heteroatoms. The quantitative estimate of drug-likeness (QED) is 0.273. The van der Waals surface area contributed by atoms with Crippen LogP contribution in [0, 0.1) is 0 Å². The average Bonchev–Trinajstić information content (AvgIpc) is 3.38. The van der Waals surface area contributed by atoms with Crippen molar-refractivity contribution in [1.82, 2.24) is 4.57 Å². The minimum atomic E-state index is -0.967. The van der Waals surface area contributed by atoms with Crippen LogP contribution in [0.2, 0.25) is 0 Å². The first-order valence-corrected chi connectivity index (χ1v) is 12.7. The van der Waals surface area contributed by atoms with Crippen LogP contribution in [0.4, 0.5) is 0 Å². The fraction of sp³-hybridized carbons (Fsp3) is 0.200. The van der Waals surface area contributed by atoms with Crippen molar-refractivity contribution in [1.29, 1.82) is 0 Å². The van der Waals surface area contributed by atoms with Crippen LogP contribution in [0.3, 0.4) is 0 Å². The topological polar surface area (TPSA) is 34.4 Å². The van der Waals surface area contributed by atoms with Gasteiger partial charge >= 0.3 is 7.48 Å². The summed E-state index contributed by atoms with van der Waals surface area (Å²) in [5.41, 5.74) is 2.82. The fourth-order valence-corrected chi connectivity index (χ4v) is 5.75. The second-order valence-corrected chi connectivity index (χ2v) is 11.3. The molecule has 0 saturated heterocycles. The summed E-state index contributed by atoms with van der Waals surface area (Å²) < 4.78 is 11.0. The molecular formula is C30H27BNO2S. The molecule has 0 amide bonds. The molecule has 1 radical (unpaired) electrons. The third kappa shape index (κ3) is 3.58. The number of aromatic nitrogens is 1. The van der Waals surface area contributed by atoms with Crippen molar-refractivity contribution in [3.63, 3.8) is 0 Å². The first-order valence-electron chi connectivity index (χ1n) is 11.9. The van der Waals surface area contributed by atoms with E-state index in [2.05, 4.69) is 89.5 Å². The van der Waals surface area contributed by atoms with Crippen molar-refractivity contribution < 1.29 is 9.76 Å². The van der Waals surface area contributed by atoms with Crippen molar-refractivity contribution in [2.45, 2.75) is 38.9 Å². The highest BCUT2D eigenvalue weighted by atomic mass is 32.1. The lowest BCUT2D eigenvalue weighted by Gasteiger charge is -2.37. The van der Waals surface area contributed by atoms with Gasteiger partial charge in [0, 0.05) is 30.9 Å². The maximum Gasteiger partial charge on any atom is 0.330 e. The molecule has 2 aromatic heterocycles. The van der Waals surface area contributed by atoms with Crippen LogP contribution < -0.4 is 5.46 Å². The van der Waals surface area contributed by atoms with Gasteiger partial charge in [0.1, 0.15) is 0 Å².